The highest BCUT2D eigenvalue weighted by atomic mass is 79.9. The average Bonchev–Trinajstić information content (AvgIpc) is 2.37. The van der Waals surface area contributed by atoms with Crippen molar-refractivity contribution in [3.05, 3.63) is 57.8 Å². The van der Waals surface area contributed by atoms with E-state index >= 15 is 0 Å². The summed E-state index contributed by atoms with van der Waals surface area (Å²) in [5, 5.41) is 3.10. The van der Waals surface area contributed by atoms with Crippen LogP contribution in [0, 0.1) is 12.7 Å². The molecule has 0 fully saturated rings. The zero-order valence-electron chi connectivity index (χ0n) is 10.8. The van der Waals surface area contributed by atoms with Crippen molar-refractivity contribution in [3.63, 3.8) is 0 Å². The van der Waals surface area contributed by atoms with Crippen molar-refractivity contribution in [2.24, 2.45) is 0 Å². The van der Waals surface area contributed by atoms with Gasteiger partial charge in [-0.25, -0.2) is 4.39 Å². The molecule has 1 N–H and O–H groups in total. The van der Waals surface area contributed by atoms with E-state index in [4.69, 9.17) is 4.74 Å². The first-order chi connectivity index (χ1) is 9.10. The highest BCUT2D eigenvalue weighted by Crippen LogP contribution is 2.28. The summed E-state index contributed by atoms with van der Waals surface area (Å²) in [6.07, 6.45) is 0. The smallest absolute Gasteiger partial charge is 0.128 e. The predicted octanol–water partition coefficient (Wildman–Crippen LogP) is 4.41. The summed E-state index contributed by atoms with van der Waals surface area (Å²) in [5.74, 6) is 1.13. The minimum atomic E-state index is -0.224. The molecule has 0 atom stereocenters. The molecular weight excluding hydrogens is 309 g/mol. The maximum atomic E-state index is 13.2. The molecule has 0 unspecified atom stereocenters. The quantitative estimate of drug-likeness (QED) is 0.899. The summed E-state index contributed by atoms with van der Waals surface area (Å²) in [6, 6.07) is 10.5. The Labute approximate surface area is 120 Å². The van der Waals surface area contributed by atoms with E-state index in [-0.39, 0.29) is 5.82 Å². The second kappa shape index (κ2) is 6.17. The highest BCUT2D eigenvalue weighted by Gasteiger charge is 2.04. The number of hydrogen-bond donors (Lipinski definition) is 1. The first kappa shape index (κ1) is 14.0. The molecule has 0 amide bonds. The maximum absolute atomic E-state index is 13.2. The number of benzene rings is 2. The molecule has 0 aliphatic carbocycles. The van der Waals surface area contributed by atoms with Crippen molar-refractivity contribution in [2.45, 2.75) is 13.5 Å². The summed E-state index contributed by atoms with van der Waals surface area (Å²) >= 11 is 3.51. The Morgan fingerprint density at radius 2 is 1.84 bits per heavy atom. The van der Waals surface area contributed by atoms with Crippen molar-refractivity contribution < 1.29 is 9.13 Å². The Balaban J connectivity index is 2.19. The van der Waals surface area contributed by atoms with Crippen LogP contribution in [0.15, 0.2) is 40.9 Å². The molecule has 19 heavy (non-hydrogen) atoms. The minimum absolute atomic E-state index is 0.224. The molecule has 4 heteroatoms. The molecule has 0 saturated carbocycles. The van der Waals surface area contributed by atoms with Gasteiger partial charge in [-0.15, -0.1) is 0 Å². The molecule has 0 aliphatic rings. The first-order valence-electron chi connectivity index (χ1n) is 5.97. The lowest BCUT2D eigenvalue weighted by Gasteiger charge is -2.09. The molecular formula is C15H15BrFNO. The Kier molecular flexibility index (Phi) is 4.56. The molecule has 0 aliphatic heterocycles. The third kappa shape index (κ3) is 3.55. The van der Waals surface area contributed by atoms with Crippen LogP contribution in [0.1, 0.15) is 11.1 Å². The van der Waals surface area contributed by atoms with Gasteiger partial charge in [0.2, 0.25) is 0 Å². The van der Waals surface area contributed by atoms with Gasteiger partial charge in [0.25, 0.3) is 0 Å². The van der Waals surface area contributed by atoms with E-state index in [2.05, 4.69) is 21.2 Å². The number of ether oxygens (including phenoxy) is 1. The molecule has 0 heterocycles. The van der Waals surface area contributed by atoms with E-state index in [1.165, 1.54) is 6.07 Å². The Bertz CT molecular complexity index is 586. The van der Waals surface area contributed by atoms with E-state index < -0.39 is 0 Å². The van der Waals surface area contributed by atoms with Crippen LogP contribution in [-0.2, 0) is 6.54 Å². The lowest BCUT2D eigenvalue weighted by Crippen LogP contribution is -2.05. The van der Waals surface area contributed by atoms with Gasteiger partial charge in [0.1, 0.15) is 17.3 Å². The highest BCUT2D eigenvalue weighted by molar-refractivity contribution is 9.10. The molecule has 0 saturated heterocycles. The Hall–Kier alpha value is -1.39. The lowest BCUT2D eigenvalue weighted by atomic mass is 10.2. The van der Waals surface area contributed by atoms with E-state index in [1.807, 2.05) is 25.2 Å². The number of nitrogens with one attached hydrogen (secondary N) is 1. The summed E-state index contributed by atoms with van der Waals surface area (Å²) < 4.78 is 19.9. The lowest BCUT2D eigenvalue weighted by molar-refractivity contribution is 0.479. The number of halogens is 2. The van der Waals surface area contributed by atoms with E-state index in [1.54, 1.807) is 19.1 Å². The fraction of sp³-hybridized carbons (Fsp3) is 0.200. The van der Waals surface area contributed by atoms with Crippen LogP contribution in [0.3, 0.4) is 0 Å². The van der Waals surface area contributed by atoms with Crippen LogP contribution in [0.5, 0.6) is 11.5 Å². The molecule has 0 radical (unpaired) electrons. The Morgan fingerprint density at radius 1 is 1.16 bits per heavy atom. The van der Waals surface area contributed by atoms with Gasteiger partial charge in [-0.2, -0.15) is 0 Å². The first-order valence-corrected chi connectivity index (χ1v) is 6.76. The van der Waals surface area contributed by atoms with Gasteiger partial charge in [0, 0.05) is 11.0 Å². The molecule has 0 spiro atoms. The normalized spacial score (nSPS) is 10.5. The molecule has 2 rings (SSSR count). The van der Waals surface area contributed by atoms with Gasteiger partial charge in [-0.3, -0.25) is 0 Å². The monoisotopic (exact) mass is 323 g/mol. The third-order valence-corrected chi connectivity index (χ3v) is 3.50. The zero-order chi connectivity index (χ0) is 13.8. The average molecular weight is 324 g/mol. The molecule has 2 aromatic carbocycles. The molecule has 100 valence electrons. The number of aryl methyl sites for hydroxylation is 1. The summed E-state index contributed by atoms with van der Waals surface area (Å²) in [7, 11) is 1.90. The van der Waals surface area contributed by atoms with Gasteiger partial charge >= 0.3 is 0 Å². The fourth-order valence-electron chi connectivity index (χ4n) is 1.74. The van der Waals surface area contributed by atoms with Crippen LogP contribution in [0.25, 0.3) is 0 Å². The second-order valence-electron chi connectivity index (χ2n) is 4.30. The SMILES string of the molecule is CNCc1ccc(Oc2ccc(F)c(C)c2)cc1Br. The van der Waals surface area contributed by atoms with Crippen molar-refractivity contribution in [2.75, 3.05) is 7.05 Å². The summed E-state index contributed by atoms with van der Waals surface area (Å²) in [4.78, 5) is 0. The van der Waals surface area contributed by atoms with Crippen LogP contribution in [0.2, 0.25) is 0 Å². The topological polar surface area (TPSA) is 21.3 Å². The van der Waals surface area contributed by atoms with Crippen LogP contribution in [0.4, 0.5) is 4.39 Å². The van der Waals surface area contributed by atoms with Crippen LogP contribution >= 0.6 is 15.9 Å². The van der Waals surface area contributed by atoms with Gasteiger partial charge in [0.05, 0.1) is 0 Å². The minimum Gasteiger partial charge on any atom is -0.457 e. The van der Waals surface area contributed by atoms with E-state index in [0.717, 1.165) is 22.3 Å². The van der Waals surface area contributed by atoms with Crippen molar-refractivity contribution in [1.29, 1.82) is 0 Å². The van der Waals surface area contributed by atoms with Gasteiger partial charge in [0.15, 0.2) is 0 Å². The van der Waals surface area contributed by atoms with Crippen LogP contribution < -0.4 is 10.1 Å². The van der Waals surface area contributed by atoms with Crippen molar-refractivity contribution >= 4 is 15.9 Å². The number of rotatable bonds is 4. The molecule has 2 aromatic rings. The van der Waals surface area contributed by atoms with Crippen LogP contribution in [-0.4, -0.2) is 7.05 Å². The largest absolute Gasteiger partial charge is 0.457 e. The van der Waals surface area contributed by atoms with Gasteiger partial charge in [-0.05, 0) is 55.4 Å². The third-order valence-electron chi connectivity index (χ3n) is 2.76. The van der Waals surface area contributed by atoms with E-state index in [0.29, 0.717) is 11.3 Å². The molecule has 2 nitrogen and oxygen atoms in total. The molecule has 0 bridgehead atoms. The van der Waals surface area contributed by atoms with Gasteiger partial charge in [-0.1, -0.05) is 22.0 Å². The second-order valence-corrected chi connectivity index (χ2v) is 5.15. The summed E-state index contributed by atoms with van der Waals surface area (Å²) in [6.45, 7) is 2.50. The van der Waals surface area contributed by atoms with Crippen molar-refractivity contribution in [1.82, 2.24) is 5.32 Å². The summed E-state index contributed by atoms with van der Waals surface area (Å²) in [5.41, 5.74) is 1.73. The molecule has 0 aromatic heterocycles. The van der Waals surface area contributed by atoms with E-state index in [9.17, 15) is 4.39 Å². The van der Waals surface area contributed by atoms with Gasteiger partial charge < -0.3 is 10.1 Å². The number of hydrogen-bond acceptors (Lipinski definition) is 2. The fourth-order valence-corrected chi connectivity index (χ4v) is 2.24. The van der Waals surface area contributed by atoms with Crippen molar-refractivity contribution in [3.8, 4) is 11.5 Å². The zero-order valence-corrected chi connectivity index (χ0v) is 12.4. The standard InChI is InChI=1S/C15H15BrFNO/c1-10-7-12(5-6-15(10)17)19-13-4-3-11(9-18-2)14(16)8-13/h3-8,18H,9H2,1-2H3. The maximum Gasteiger partial charge on any atom is 0.128 e. The Morgan fingerprint density at radius 3 is 2.47 bits per heavy atom. The predicted molar refractivity (Wildman–Crippen MR) is 78.1 cm³/mol.